The second kappa shape index (κ2) is 5.35. The Bertz CT molecular complexity index is 486. The van der Waals surface area contributed by atoms with Crippen LogP contribution in [0.25, 0.3) is 11.5 Å². The van der Waals surface area contributed by atoms with Gasteiger partial charge >= 0.3 is 0 Å². The summed E-state index contributed by atoms with van der Waals surface area (Å²) in [5.41, 5.74) is 0.538. The van der Waals surface area contributed by atoms with Crippen LogP contribution in [0, 0.1) is 0 Å². The maximum Gasteiger partial charge on any atom is 0.227 e. The van der Waals surface area contributed by atoms with Crippen LogP contribution in [0.2, 0.25) is 0 Å². The van der Waals surface area contributed by atoms with Crippen molar-refractivity contribution < 1.29 is 14.4 Å². The topological polar surface area (TPSA) is 94.2 Å². The smallest absolute Gasteiger partial charge is 0.227 e. The summed E-state index contributed by atoms with van der Waals surface area (Å²) in [7, 11) is 1.52. The molecule has 90 valence electrons. The Balaban J connectivity index is 2.18. The van der Waals surface area contributed by atoms with Gasteiger partial charge in [-0.15, -0.1) is 0 Å². The van der Waals surface area contributed by atoms with Crippen molar-refractivity contribution in [2.45, 2.75) is 12.8 Å². The molecule has 0 aliphatic heterocycles. The monoisotopic (exact) mass is 236 g/mol. The average molecular weight is 236 g/mol. The number of methoxy groups -OCH3 is 1. The van der Waals surface area contributed by atoms with E-state index >= 15 is 0 Å². The third kappa shape index (κ3) is 2.76. The molecule has 0 aliphatic carbocycles. The van der Waals surface area contributed by atoms with Gasteiger partial charge in [0.1, 0.15) is 12.0 Å². The number of aryl methyl sites for hydroxylation is 1. The molecule has 2 aromatic heterocycles. The molecule has 7 nitrogen and oxygen atoms in total. The van der Waals surface area contributed by atoms with Crippen molar-refractivity contribution in [2.24, 2.45) is 0 Å². The molecule has 0 aromatic carbocycles. The highest BCUT2D eigenvalue weighted by molar-refractivity contribution is 5.48. The van der Waals surface area contributed by atoms with Crippen LogP contribution in [0.15, 0.2) is 16.9 Å². The zero-order valence-corrected chi connectivity index (χ0v) is 9.33. The highest BCUT2D eigenvalue weighted by atomic mass is 16.5. The van der Waals surface area contributed by atoms with Gasteiger partial charge < -0.3 is 14.4 Å². The second-order valence-electron chi connectivity index (χ2n) is 3.28. The Kier molecular flexibility index (Phi) is 3.61. The molecular formula is C10H12N4O3. The minimum Gasteiger partial charge on any atom is -0.481 e. The molecule has 0 amide bonds. The summed E-state index contributed by atoms with van der Waals surface area (Å²) in [5.74, 6) is 1.31. The predicted molar refractivity (Wildman–Crippen MR) is 57.3 cm³/mol. The molecule has 2 rings (SSSR count). The number of aromatic nitrogens is 4. The lowest BCUT2D eigenvalue weighted by molar-refractivity contribution is 0.278. The van der Waals surface area contributed by atoms with Gasteiger partial charge in [-0.3, -0.25) is 0 Å². The number of rotatable bonds is 5. The molecular weight excluding hydrogens is 224 g/mol. The van der Waals surface area contributed by atoms with Gasteiger partial charge in [-0.05, 0) is 6.42 Å². The summed E-state index contributed by atoms with van der Waals surface area (Å²) in [5, 5.41) is 12.5. The molecule has 0 fully saturated rings. The van der Waals surface area contributed by atoms with Gasteiger partial charge in [0.25, 0.3) is 0 Å². The quantitative estimate of drug-likeness (QED) is 0.805. The Labute approximate surface area is 97.5 Å². The molecule has 2 heterocycles. The Hall–Kier alpha value is -2.02. The van der Waals surface area contributed by atoms with Gasteiger partial charge in [-0.2, -0.15) is 4.98 Å². The van der Waals surface area contributed by atoms with Crippen LogP contribution in [-0.2, 0) is 6.42 Å². The summed E-state index contributed by atoms with van der Waals surface area (Å²) in [4.78, 5) is 12.1. The molecule has 0 radical (unpaired) electrons. The van der Waals surface area contributed by atoms with Crippen LogP contribution in [0.1, 0.15) is 12.3 Å². The van der Waals surface area contributed by atoms with Gasteiger partial charge in [-0.1, -0.05) is 5.16 Å². The standard InChI is InChI=1S/C10H12N4O3/c1-16-9-5-7(11-6-12-9)10-13-8(17-14-10)3-2-4-15/h5-6,15H,2-4H2,1H3. The average Bonchev–Trinajstić information content (AvgIpc) is 2.85. The van der Waals surface area contributed by atoms with Crippen molar-refractivity contribution in [3.05, 3.63) is 18.3 Å². The summed E-state index contributed by atoms with van der Waals surface area (Å²) >= 11 is 0. The third-order valence-electron chi connectivity index (χ3n) is 2.10. The molecule has 17 heavy (non-hydrogen) atoms. The molecule has 0 atom stereocenters. The molecule has 0 aliphatic rings. The fraction of sp³-hybridized carbons (Fsp3) is 0.400. The number of ether oxygens (including phenoxy) is 1. The zero-order chi connectivity index (χ0) is 12.1. The van der Waals surface area contributed by atoms with Crippen LogP contribution in [0.5, 0.6) is 5.88 Å². The predicted octanol–water partition coefficient (Wildman–Crippen LogP) is 0.460. The second-order valence-corrected chi connectivity index (χ2v) is 3.28. The molecule has 0 unspecified atom stereocenters. The lowest BCUT2D eigenvalue weighted by atomic mass is 10.3. The summed E-state index contributed by atoms with van der Waals surface area (Å²) in [6.45, 7) is 0.0963. The van der Waals surface area contributed by atoms with Gasteiger partial charge in [0.05, 0.1) is 7.11 Å². The van der Waals surface area contributed by atoms with Crippen molar-refractivity contribution >= 4 is 0 Å². The summed E-state index contributed by atoms with van der Waals surface area (Å²) in [6, 6.07) is 1.63. The largest absolute Gasteiger partial charge is 0.481 e. The SMILES string of the molecule is COc1cc(-c2noc(CCCO)n2)ncn1. The first-order valence-electron chi connectivity index (χ1n) is 5.13. The summed E-state index contributed by atoms with van der Waals surface area (Å²) < 4.78 is 10.00. The van der Waals surface area contributed by atoms with Crippen molar-refractivity contribution in [1.29, 1.82) is 0 Å². The molecule has 0 saturated heterocycles. The minimum atomic E-state index is 0.0963. The minimum absolute atomic E-state index is 0.0963. The Morgan fingerprint density at radius 2 is 2.29 bits per heavy atom. The van der Waals surface area contributed by atoms with E-state index in [4.69, 9.17) is 14.4 Å². The first-order chi connectivity index (χ1) is 8.33. The molecule has 1 N–H and O–H groups in total. The van der Waals surface area contributed by atoms with Crippen LogP contribution in [0.3, 0.4) is 0 Å². The van der Waals surface area contributed by atoms with E-state index in [-0.39, 0.29) is 6.61 Å². The fourth-order valence-electron chi connectivity index (χ4n) is 1.26. The van der Waals surface area contributed by atoms with E-state index in [1.54, 1.807) is 6.07 Å². The first kappa shape index (κ1) is 11.5. The lowest BCUT2D eigenvalue weighted by Gasteiger charge is -1.97. The van der Waals surface area contributed by atoms with Gasteiger partial charge in [0.2, 0.25) is 17.6 Å². The van der Waals surface area contributed by atoms with Crippen molar-refractivity contribution in [2.75, 3.05) is 13.7 Å². The van der Waals surface area contributed by atoms with E-state index in [2.05, 4.69) is 20.1 Å². The van der Waals surface area contributed by atoms with E-state index in [9.17, 15) is 0 Å². The molecule has 0 saturated carbocycles. The zero-order valence-electron chi connectivity index (χ0n) is 9.33. The molecule has 0 bridgehead atoms. The van der Waals surface area contributed by atoms with Crippen LogP contribution in [-0.4, -0.2) is 38.9 Å². The van der Waals surface area contributed by atoms with E-state index in [1.165, 1.54) is 13.4 Å². The third-order valence-corrected chi connectivity index (χ3v) is 2.10. The van der Waals surface area contributed by atoms with Gasteiger partial charge in [0, 0.05) is 19.1 Å². The van der Waals surface area contributed by atoms with Crippen molar-refractivity contribution in [1.82, 2.24) is 20.1 Å². The molecule has 0 spiro atoms. The van der Waals surface area contributed by atoms with Gasteiger partial charge in [0.15, 0.2) is 0 Å². The van der Waals surface area contributed by atoms with Crippen LogP contribution < -0.4 is 4.74 Å². The lowest BCUT2D eigenvalue weighted by Crippen LogP contribution is -1.92. The summed E-state index contributed by atoms with van der Waals surface area (Å²) in [6.07, 6.45) is 2.51. The molecule has 7 heteroatoms. The number of aliphatic hydroxyl groups is 1. The van der Waals surface area contributed by atoms with Crippen molar-refractivity contribution in [3.8, 4) is 17.4 Å². The Morgan fingerprint density at radius 1 is 1.41 bits per heavy atom. The normalized spacial score (nSPS) is 10.5. The molecule has 2 aromatic rings. The van der Waals surface area contributed by atoms with Crippen LogP contribution in [0.4, 0.5) is 0 Å². The van der Waals surface area contributed by atoms with E-state index in [0.717, 1.165) is 0 Å². The highest BCUT2D eigenvalue weighted by Crippen LogP contribution is 2.16. The van der Waals surface area contributed by atoms with E-state index < -0.39 is 0 Å². The highest BCUT2D eigenvalue weighted by Gasteiger charge is 2.10. The van der Waals surface area contributed by atoms with Crippen LogP contribution >= 0.6 is 0 Å². The first-order valence-corrected chi connectivity index (χ1v) is 5.13. The number of nitrogens with zero attached hydrogens (tertiary/aromatic N) is 4. The number of aliphatic hydroxyl groups excluding tert-OH is 1. The van der Waals surface area contributed by atoms with Gasteiger partial charge in [-0.25, -0.2) is 9.97 Å². The maximum absolute atomic E-state index is 8.69. The Morgan fingerprint density at radius 3 is 3.06 bits per heavy atom. The number of hydrogen-bond donors (Lipinski definition) is 1. The van der Waals surface area contributed by atoms with E-state index in [0.29, 0.717) is 36.1 Å². The fourth-order valence-corrected chi connectivity index (χ4v) is 1.26. The van der Waals surface area contributed by atoms with Crippen molar-refractivity contribution in [3.63, 3.8) is 0 Å². The maximum atomic E-state index is 8.69. The number of hydrogen-bond acceptors (Lipinski definition) is 7. The van der Waals surface area contributed by atoms with E-state index in [1.807, 2.05) is 0 Å².